The number of carboxylic acid groups (broad SMARTS) is 1. The maximum atomic E-state index is 11.3. The summed E-state index contributed by atoms with van der Waals surface area (Å²) >= 11 is 19.3. The van der Waals surface area contributed by atoms with Crippen molar-refractivity contribution in [2.45, 2.75) is 13.0 Å². The van der Waals surface area contributed by atoms with Gasteiger partial charge in [0, 0.05) is 66.6 Å². The van der Waals surface area contributed by atoms with Crippen molar-refractivity contribution in [2.24, 2.45) is 5.41 Å². The summed E-state index contributed by atoms with van der Waals surface area (Å²) in [5.41, 5.74) is 3.91. The Labute approximate surface area is 218 Å². The Balaban J connectivity index is 1.36. The molecule has 2 fully saturated rings. The molecule has 2 aliphatic heterocycles. The molecule has 35 heavy (non-hydrogen) atoms. The lowest BCUT2D eigenvalue weighted by Gasteiger charge is -2.48. The fraction of sp³-hybridized carbons (Fsp3) is 0.320. The van der Waals surface area contributed by atoms with Crippen LogP contribution in [0, 0.1) is 5.41 Å². The van der Waals surface area contributed by atoms with E-state index in [0.29, 0.717) is 46.8 Å². The summed E-state index contributed by atoms with van der Waals surface area (Å²) in [6, 6.07) is 11.4. The van der Waals surface area contributed by atoms with Crippen molar-refractivity contribution >= 4 is 40.9 Å². The molecule has 1 amide bonds. The molecule has 2 aromatic heterocycles. The van der Waals surface area contributed by atoms with Crippen molar-refractivity contribution in [1.82, 2.24) is 19.8 Å². The minimum absolute atomic E-state index is 0.0735. The molecule has 0 aliphatic carbocycles. The van der Waals surface area contributed by atoms with Crippen LogP contribution in [0.25, 0.3) is 22.4 Å². The molecule has 0 atom stereocenters. The highest BCUT2D eigenvalue weighted by Crippen LogP contribution is 2.42. The fourth-order valence-electron chi connectivity index (χ4n) is 5.09. The van der Waals surface area contributed by atoms with E-state index >= 15 is 0 Å². The van der Waals surface area contributed by atoms with Crippen LogP contribution >= 0.6 is 34.8 Å². The number of carbonyl (C=O) groups is 1. The van der Waals surface area contributed by atoms with Crippen molar-refractivity contribution in [2.75, 3.05) is 33.3 Å². The summed E-state index contributed by atoms with van der Waals surface area (Å²) < 4.78 is 5.62. The predicted octanol–water partition coefficient (Wildman–Crippen LogP) is 5.97. The molecule has 0 radical (unpaired) electrons. The molecule has 1 N–H and O–H groups in total. The van der Waals surface area contributed by atoms with E-state index in [0.717, 1.165) is 36.2 Å². The molecule has 3 aromatic rings. The third-order valence-corrected chi connectivity index (χ3v) is 7.94. The van der Waals surface area contributed by atoms with Crippen molar-refractivity contribution in [1.29, 1.82) is 0 Å². The third kappa shape index (κ3) is 4.54. The van der Waals surface area contributed by atoms with E-state index in [1.807, 2.05) is 30.3 Å². The first-order valence-electron chi connectivity index (χ1n) is 11.1. The number of benzene rings is 1. The second-order valence-electron chi connectivity index (χ2n) is 9.09. The van der Waals surface area contributed by atoms with E-state index in [9.17, 15) is 9.90 Å². The average molecular weight is 534 g/mol. The number of rotatable bonds is 5. The number of methoxy groups -OCH3 is 1. The number of aromatic nitrogens is 2. The van der Waals surface area contributed by atoms with Crippen LogP contribution in [0.1, 0.15) is 12.0 Å². The van der Waals surface area contributed by atoms with Crippen molar-refractivity contribution < 1.29 is 14.6 Å². The lowest BCUT2D eigenvalue weighted by molar-refractivity contribution is 0.00243. The number of amides is 1. The first-order chi connectivity index (χ1) is 16.8. The van der Waals surface area contributed by atoms with Gasteiger partial charge < -0.3 is 14.7 Å². The Morgan fingerprint density at radius 3 is 2.51 bits per heavy atom. The van der Waals surface area contributed by atoms with Crippen LogP contribution in [0.15, 0.2) is 42.6 Å². The first kappa shape index (κ1) is 24.1. The Kier molecular flexibility index (Phi) is 6.53. The summed E-state index contributed by atoms with van der Waals surface area (Å²) in [5, 5.41) is 10.3. The van der Waals surface area contributed by atoms with Gasteiger partial charge in [-0.1, -0.05) is 59.1 Å². The summed E-state index contributed by atoms with van der Waals surface area (Å²) in [4.78, 5) is 23.8. The number of ether oxygens (including phenoxy) is 1. The number of hydrogen-bond donors (Lipinski definition) is 1. The van der Waals surface area contributed by atoms with Crippen LogP contribution < -0.4 is 4.74 Å². The average Bonchev–Trinajstić information content (AvgIpc) is 3.27. The SMILES string of the molecule is COc1nc(-c2cccc(-c3ccnc(Cl)c3Cl)c2Cl)ccc1CN1CC2(CCN(C(=O)O)C2)C1. The van der Waals surface area contributed by atoms with Crippen molar-refractivity contribution in [3.63, 3.8) is 0 Å². The second-order valence-corrected chi connectivity index (χ2v) is 10.2. The van der Waals surface area contributed by atoms with Gasteiger partial charge in [0.2, 0.25) is 5.88 Å². The number of likely N-dealkylation sites (tertiary alicyclic amines) is 2. The lowest BCUT2D eigenvalue weighted by atomic mass is 9.79. The van der Waals surface area contributed by atoms with Crippen molar-refractivity contribution in [3.05, 3.63) is 63.4 Å². The van der Waals surface area contributed by atoms with Gasteiger partial charge >= 0.3 is 6.09 Å². The molecule has 10 heteroatoms. The van der Waals surface area contributed by atoms with E-state index in [4.69, 9.17) is 44.5 Å². The molecule has 2 saturated heterocycles. The highest BCUT2D eigenvalue weighted by atomic mass is 35.5. The zero-order valence-electron chi connectivity index (χ0n) is 19.0. The van der Waals surface area contributed by atoms with Gasteiger partial charge in [0.1, 0.15) is 5.15 Å². The van der Waals surface area contributed by atoms with Crippen LogP contribution in [0.3, 0.4) is 0 Å². The highest BCUT2D eigenvalue weighted by Gasteiger charge is 2.48. The van der Waals surface area contributed by atoms with Gasteiger partial charge in [-0.15, -0.1) is 0 Å². The first-order valence-corrected chi connectivity index (χ1v) is 12.3. The van der Waals surface area contributed by atoms with Gasteiger partial charge in [0.25, 0.3) is 0 Å². The molecular weight excluding hydrogens is 511 g/mol. The lowest BCUT2D eigenvalue weighted by Crippen LogP contribution is -2.57. The number of halogens is 3. The van der Waals surface area contributed by atoms with Crippen molar-refractivity contribution in [3.8, 4) is 28.3 Å². The zero-order valence-corrected chi connectivity index (χ0v) is 21.2. The van der Waals surface area contributed by atoms with Crippen LogP contribution in [-0.2, 0) is 6.54 Å². The zero-order chi connectivity index (χ0) is 24.7. The van der Waals surface area contributed by atoms with Crippen LogP contribution in [-0.4, -0.2) is 64.3 Å². The summed E-state index contributed by atoms with van der Waals surface area (Å²) in [6.07, 6.45) is 1.66. The highest BCUT2D eigenvalue weighted by molar-refractivity contribution is 6.43. The van der Waals surface area contributed by atoms with E-state index in [1.54, 1.807) is 19.4 Å². The van der Waals surface area contributed by atoms with Gasteiger partial charge in [-0.05, 0) is 18.6 Å². The minimum Gasteiger partial charge on any atom is -0.481 e. The maximum absolute atomic E-state index is 11.3. The molecule has 182 valence electrons. The van der Waals surface area contributed by atoms with E-state index in [-0.39, 0.29) is 10.6 Å². The van der Waals surface area contributed by atoms with Gasteiger partial charge in [0.05, 0.1) is 22.8 Å². The predicted molar refractivity (Wildman–Crippen MR) is 136 cm³/mol. The molecule has 5 rings (SSSR count). The standard InChI is InChI=1S/C25H23Cl3N4O3/c1-35-23-15(11-31-12-25(13-31)8-10-32(14-25)24(33)34)5-6-19(30-23)18-4-2-3-16(20(18)26)17-7-9-29-22(28)21(17)27/h2-7,9H,8,10-14H2,1H3,(H,33,34). The summed E-state index contributed by atoms with van der Waals surface area (Å²) in [6.45, 7) is 3.63. The molecule has 1 spiro atoms. The smallest absolute Gasteiger partial charge is 0.407 e. The summed E-state index contributed by atoms with van der Waals surface area (Å²) in [7, 11) is 1.60. The normalized spacial score (nSPS) is 17.0. The van der Waals surface area contributed by atoms with Crippen LogP contribution in [0.2, 0.25) is 15.2 Å². The maximum Gasteiger partial charge on any atom is 0.407 e. The molecule has 0 bridgehead atoms. The molecular formula is C25H23Cl3N4O3. The van der Waals surface area contributed by atoms with Gasteiger partial charge in [-0.25, -0.2) is 14.8 Å². The molecule has 0 unspecified atom stereocenters. The number of nitrogens with zero attached hydrogens (tertiary/aromatic N) is 4. The van der Waals surface area contributed by atoms with E-state index < -0.39 is 6.09 Å². The monoisotopic (exact) mass is 532 g/mol. The second kappa shape index (κ2) is 9.47. The fourth-order valence-corrected chi connectivity index (χ4v) is 5.79. The third-order valence-electron chi connectivity index (χ3n) is 6.76. The largest absolute Gasteiger partial charge is 0.481 e. The number of pyridine rings is 2. The van der Waals surface area contributed by atoms with Gasteiger partial charge in [-0.3, -0.25) is 4.90 Å². The molecule has 0 saturated carbocycles. The number of hydrogen-bond acceptors (Lipinski definition) is 5. The quantitative estimate of drug-likeness (QED) is 0.407. The van der Waals surface area contributed by atoms with E-state index in [1.165, 1.54) is 4.90 Å². The van der Waals surface area contributed by atoms with E-state index in [2.05, 4.69) is 9.88 Å². The topological polar surface area (TPSA) is 78.8 Å². The van der Waals surface area contributed by atoms with Crippen LogP contribution in [0.4, 0.5) is 4.79 Å². The van der Waals surface area contributed by atoms with Gasteiger partial charge in [0.15, 0.2) is 0 Å². The molecule has 7 nitrogen and oxygen atoms in total. The molecule has 2 aliphatic rings. The Bertz CT molecular complexity index is 1300. The van der Waals surface area contributed by atoms with Crippen LogP contribution in [0.5, 0.6) is 5.88 Å². The Hall–Kier alpha value is -2.58. The molecule has 1 aromatic carbocycles. The minimum atomic E-state index is -0.834. The molecule has 4 heterocycles. The summed E-state index contributed by atoms with van der Waals surface area (Å²) in [5.74, 6) is 0.536. The Morgan fingerprint density at radius 1 is 1.06 bits per heavy atom. The van der Waals surface area contributed by atoms with Gasteiger partial charge in [-0.2, -0.15) is 0 Å². The Morgan fingerprint density at radius 2 is 1.80 bits per heavy atom.